The number of alkyl halides is 2. The van der Waals surface area contributed by atoms with Gasteiger partial charge in [-0.3, -0.25) is 9.79 Å². The van der Waals surface area contributed by atoms with E-state index in [2.05, 4.69) is 32.3 Å². The lowest BCUT2D eigenvalue weighted by Gasteiger charge is -2.28. The third-order valence-electron chi connectivity index (χ3n) is 6.25. The summed E-state index contributed by atoms with van der Waals surface area (Å²) in [5.74, 6) is -4.12. The number of anilines is 2. The summed E-state index contributed by atoms with van der Waals surface area (Å²) in [4.78, 5) is 27.1. The van der Waals surface area contributed by atoms with Crippen molar-refractivity contribution < 1.29 is 18.3 Å². The summed E-state index contributed by atoms with van der Waals surface area (Å²) in [5, 5.41) is 2.61. The van der Waals surface area contributed by atoms with Gasteiger partial charge in [0.05, 0.1) is 30.8 Å². The number of H-pyrrole nitrogens is 1. The maximum absolute atomic E-state index is 13.2. The minimum atomic E-state index is -2.89. The van der Waals surface area contributed by atoms with Crippen LogP contribution in [0.3, 0.4) is 0 Å². The van der Waals surface area contributed by atoms with Crippen molar-refractivity contribution in [1.29, 1.82) is 0 Å². The molecule has 1 saturated heterocycles. The number of imidazole rings is 1. The number of hydrogen-bond donors (Lipinski definition) is 2. The van der Waals surface area contributed by atoms with Crippen molar-refractivity contribution in [3.05, 3.63) is 53.3 Å². The molecule has 3 aromatic rings. The SMILES string of the molecule is O=C(Nc1ccc2c(c1)C(c1nc3ccc(N4CCOCC4)cc3[nH]1)=NC2)C1CC1(F)F. The number of carbonyl (C=O) groups excluding carboxylic acids is 1. The fourth-order valence-electron chi connectivity index (χ4n) is 4.32. The van der Waals surface area contributed by atoms with Gasteiger partial charge in [-0.05, 0) is 35.9 Å². The Labute approximate surface area is 182 Å². The Hall–Kier alpha value is -3.33. The average molecular weight is 437 g/mol. The zero-order chi connectivity index (χ0) is 21.9. The van der Waals surface area contributed by atoms with E-state index in [1.54, 1.807) is 12.1 Å². The number of fused-ring (bicyclic) bond motifs is 2. The van der Waals surface area contributed by atoms with Crippen LogP contribution in [-0.2, 0) is 16.1 Å². The van der Waals surface area contributed by atoms with Crippen LogP contribution in [0.2, 0.25) is 0 Å². The number of benzene rings is 2. The number of aliphatic imine (C=N–C) groups is 1. The van der Waals surface area contributed by atoms with E-state index < -0.39 is 17.7 Å². The topological polar surface area (TPSA) is 82.6 Å². The Morgan fingerprint density at radius 1 is 1.19 bits per heavy atom. The number of hydrogen-bond acceptors (Lipinski definition) is 5. The monoisotopic (exact) mass is 437 g/mol. The van der Waals surface area contributed by atoms with Gasteiger partial charge in [0, 0.05) is 36.4 Å². The van der Waals surface area contributed by atoms with Crippen molar-refractivity contribution in [1.82, 2.24) is 9.97 Å². The van der Waals surface area contributed by atoms with E-state index >= 15 is 0 Å². The lowest BCUT2D eigenvalue weighted by molar-refractivity contribution is -0.119. The van der Waals surface area contributed by atoms with Crippen LogP contribution in [0.25, 0.3) is 11.0 Å². The highest BCUT2D eigenvalue weighted by Gasteiger charge is 2.61. The summed E-state index contributed by atoms with van der Waals surface area (Å²) in [7, 11) is 0. The molecular weight excluding hydrogens is 416 g/mol. The molecule has 1 unspecified atom stereocenters. The van der Waals surface area contributed by atoms with E-state index in [1.165, 1.54) is 0 Å². The van der Waals surface area contributed by atoms with E-state index in [4.69, 9.17) is 9.72 Å². The molecule has 2 aliphatic heterocycles. The van der Waals surface area contributed by atoms with Gasteiger partial charge in [-0.15, -0.1) is 0 Å². The fourth-order valence-corrected chi connectivity index (χ4v) is 4.32. The molecule has 6 rings (SSSR count). The minimum absolute atomic E-state index is 0.387. The van der Waals surface area contributed by atoms with Crippen molar-refractivity contribution in [2.75, 3.05) is 36.5 Å². The molecule has 1 saturated carbocycles. The van der Waals surface area contributed by atoms with Crippen molar-refractivity contribution >= 4 is 34.0 Å². The van der Waals surface area contributed by atoms with Crippen LogP contribution >= 0.6 is 0 Å². The molecule has 3 aliphatic rings. The molecule has 164 valence electrons. The number of nitrogens with zero attached hydrogens (tertiary/aromatic N) is 3. The van der Waals surface area contributed by atoms with E-state index in [0.29, 0.717) is 23.8 Å². The molecule has 2 N–H and O–H groups in total. The number of amides is 1. The Kier molecular flexibility index (Phi) is 4.29. The first-order chi connectivity index (χ1) is 15.5. The van der Waals surface area contributed by atoms with E-state index in [9.17, 15) is 13.6 Å². The van der Waals surface area contributed by atoms with Crippen LogP contribution in [-0.4, -0.2) is 53.8 Å². The normalized spacial score (nSPS) is 21.4. The smallest absolute Gasteiger partial charge is 0.260 e. The molecule has 3 heterocycles. The summed E-state index contributed by atoms with van der Waals surface area (Å²) >= 11 is 0. The molecule has 1 aromatic heterocycles. The molecule has 0 spiro atoms. The third-order valence-corrected chi connectivity index (χ3v) is 6.25. The van der Waals surface area contributed by atoms with Gasteiger partial charge in [0.25, 0.3) is 5.92 Å². The van der Waals surface area contributed by atoms with Gasteiger partial charge in [-0.25, -0.2) is 13.8 Å². The summed E-state index contributed by atoms with van der Waals surface area (Å²) in [6, 6.07) is 11.5. The molecule has 1 aliphatic carbocycles. The first kappa shape index (κ1) is 19.4. The van der Waals surface area contributed by atoms with E-state index in [1.807, 2.05) is 12.1 Å². The zero-order valence-corrected chi connectivity index (χ0v) is 17.2. The van der Waals surface area contributed by atoms with Crippen LogP contribution in [0, 0.1) is 5.92 Å². The van der Waals surface area contributed by atoms with Gasteiger partial charge in [0.15, 0.2) is 5.82 Å². The molecular formula is C23H21F2N5O2. The predicted molar refractivity (Wildman–Crippen MR) is 117 cm³/mol. The van der Waals surface area contributed by atoms with Crippen molar-refractivity contribution in [3.8, 4) is 0 Å². The third kappa shape index (κ3) is 3.33. The van der Waals surface area contributed by atoms with Crippen LogP contribution in [0.1, 0.15) is 23.4 Å². The maximum atomic E-state index is 13.2. The molecule has 32 heavy (non-hydrogen) atoms. The predicted octanol–water partition coefficient (Wildman–Crippen LogP) is 3.34. The molecule has 0 radical (unpaired) electrons. The van der Waals surface area contributed by atoms with Crippen molar-refractivity contribution in [3.63, 3.8) is 0 Å². The van der Waals surface area contributed by atoms with Crippen LogP contribution in [0.4, 0.5) is 20.2 Å². The number of nitrogens with one attached hydrogen (secondary N) is 2. The second-order valence-corrected chi connectivity index (χ2v) is 8.43. The van der Waals surface area contributed by atoms with Crippen LogP contribution in [0.5, 0.6) is 0 Å². The first-order valence-corrected chi connectivity index (χ1v) is 10.7. The van der Waals surface area contributed by atoms with Gasteiger partial charge in [0.1, 0.15) is 11.6 Å². The van der Waals surface area contributed by atoms with E-state index in [-0.39, 0.29) is 6.42 Å². The largest absolute Gasteiger partial charge is 0.378 e. The number of carbonyl (C=O) groups is 1. The quantitative estimate of drug-likeness (QED) is 0.656. The molecule has 7 nitrogen and oxygen atoms in total. The van der Waals surface area contributed by atoms with Gasteiger partial charge < -0.3 is 19.9 Å². The van der Waals surface area contributed by atoms with Gasteiger partial charge in [-0.2, -0.15) is 0 Å². The number of morpholine rings is 1. The Balaban J connectivity index is 1.27. The zero-order valence-electron chi connectivity index (χ0n) is 17.2. The highest BCUT2D eigenvalue weighted by molar-refractivity contribution is 6.14. The highest BCUT2D eigenvalue weighted by atomic mass is 19.3. The minimum Gasteiger partial charge on any atom is -0.378 e. The summed E-state index contributed by atoms with van der Waals surface area (Å²) in [6.07, 6.45) is -0.387. The summed E-state index contributed by atoms with van der Waals surface area (Å²) in [6.45, 7) is 3.66. The number of aromatic amines is 1. The number of aromatic nitrogens is 2. The first-order valence-electron chi connectivity index (χ1n) is 10.7. The summed E-state index contributed by atoms with van der Waals surface area (Å²) in [5.41, 5.74) is 5.91. The Morgan fingerprint density at radius 2 is 2.00 bits per heavy atom. The second kappa shape index (κ2) is 7.09. The number of rotatable bonds is 4. The van der Waals surface area contributed by atoms with Gasteiger partial charge in [0.2, 0.25) is 5.91 Å². The molecule has 0 bridgehead atoms. The van der Waals surface area contributed by atoms with Gasteiger partial charge in [-0.1, -0.05) is 6.07 Å². The van der Waals surface area contributed by atoms with Crippen LogP contribution < -0.4 is 10.2 Å². The molecule has 2 fully saturated rings. The van der Waals surface area contributed by atoms with Crippen LogP contribution in [0.15, 0.2) is 41.4 Å². The maximum Gasteiger partial charge on any atom is 0.260 e. The van der Waals surface area contributed by atoms with Crippen molar-refractivity contribution in [2.45, 2.75) is 18.9 Å². The average Bonchev–Trinajstić information content (AvgIpc) is 3.13. The standard InChI is InChI=1S/C23H21F2N5O2/c24-23(25)11-17(23)22(31)27-14-2-1-13-12-26-20(16(13)9-14)21-28-18-4-3-15(10-19(18)29-21)30-5-7-32-8-6-30/h1-4,9-10,17H,5-8,11-12H2,(H,27,31)(H,28,29). The lowest BCUT2D eigenvalue weighted by Crippen LogP contribution is -2.36. The molecule has 9 heteroatoms. The molecule has 2 aromatic carbocycles. The Morgan fingerprint density at radius 3 is 2.78 bits per heavy atom. The fraction of sp³-hybridized carbons (Fsp3) is 0.348. The molecule has 1 atom stereocenters. The van der Waals surface area contributed by atoms with Crippen molar-refractivity contribution in [2.24, 2.45) is 10.9 Å². The summed E-state index contributed by atoms with van der Waals surface area (Å²) < 4.78 is 31.8. The second-order valence-electron chi connectivity index (χ2n) is 8.43. The van der Waals surface area contributed by atoms with Gasteiger partial charge >= 0.3 is 0 Å². The lowest BCUT2D eigenvalue weighted by atomic mass is 10.0. The highest BCUT2D eigenvalue weighted by Crippen LogP contribution is 2.49. The Bertz CT molecular complexity index is 1260. The molecule has 1 amide bonds. The number of ether oxygens (including phenoxy) is 1. The number of halogens is 2. The van der Waals surface area contributed by atoms with E-state index in [0.717, 1.165) is 54.2 Å².